The second kappa shape index (κ2) is 4.17. The van der Waals surface area contributed by atoms with Crippen LogP contribution in [0.5, 0.6) is 0 Å². The molecule has 0 saturated heterocycles. The summed E-state index contributed by atoms with van der Waals surface area (Å²) in [6.07, 6.45) is 0. The van der Waals surface area contributed by atoms with Gasteiger partial charge in [-0.1, -0.05) is 47.0 Å². The van der Waals surface area contributed by atoms with Gasteiger partial charge in [-0.05, 0) is 31.0 Å². The van der Waals surface area contributed by atoms with E-state index in [9.17, 15) is 0 Å². The molecular weight excluding hydrogens is 247 g/mol. The molecule has 0 saturated carbocycles. The number of aryl methyl sites for hydroxylation is 2. The minimum absolute atomic E-state index is 0.732. The molecule has 0 unspecified atom stereocenters. The van der Waals surface area contributed by atoms with Gasteiger partial charge in [0.05, 0.1) is 4.34 Å². The monoisotopic (exact) mass is 256 g/mol. The Morgan fingerprint density at radius 1 is 1.00 bits per heavy atom. The Kier molecular flexibility index (Phi) is 3.06. The highest BCUT2D eigenvalue weighted by Gasteiger charge is 2.10. The maximum absolute atomic E-state index is 6.14. The van der Waals surface area contributed by atoms with E-state index in [0.29, 0.717) is 0 Å². The number of thiophene rings is 1. The molecule has 0 fully saturated rings. The second-order valence-corrected chi connectivity index (χ2v) is 5.84. The highest BCUT2D eigenvalue weighted by atomic mass is 35.5. The van der Waals surface area contributed by atoms with E-state index in [-0.39, 0.29) is 0 Å². The summed E-state index contributed by atoms with van der Waals surface area (Å²) < 4.78 is 1.49. The van der Waals surface area contributed by atoms with Gasteiger partial charge in [0.25, 0.3) is 0 Å². The van der Waals surface area contributed by atoms with Crippen LogP contribution in [-0.4, -0.2) is 0 Å². The molecule has 0 atom stereocenters. The third-order valence-corrected chi connectivity index (χ3v) is 3.83. The van der Waals surface area contributed by atoms with Crippen molar-refractivity contribution in [3.05, 3.63) is 44.1 Å². The highest BCUT2D eigenvalue weighted by Crippen LogP contribution is 2.39. The van der Waals surface area contributed by atoms with Gasteiger partial charge in [-0.15, -0.1) is 11.3 Å². The van der Waals surface area contributed by atoms with Crippen molar-refractivity contribution in [2.75, 3.05) is 0 Å². The minimum Gasteiger partial charge on any atom is -0.111 e. The van der Waals surface area contributed by atoms with Crippen LogP contribution in [-0.2, 0) is 0 Å². The first-order valence-electron chi connectivity index (χ1n) is 4.60. The number of rotatable bonds is 1. The van der Waals surface area contributed by atoms with E-state index in [1.165, 1.54) is 28.0 Å². The van der Waals surface area contributed by atoms with Crippen molar-refractivity contribution >= 4 is 34.5 Å². The van der Waals surface area contributed by atoms with E-state index in [2.05, 4.69) is 32.0 Å². The molecule has 0 amide bonds. The molecule has 0 aliphatic heterocycles. The van der Waals surface area contributed by atoms with Crippen LogP contribution >= 0.6 is 34.5 Å². The Morgan fingerprint density at radius 3 is 2.33 bits per heavy atom. The van der Waals surface area contributed by atoms with Gasteiger partial charge in [0.1, 0.15) is 4.34 Å². The zero-order chi connectivity index (χ0) is 11.0. The van der Waals surface area contributed by atoms with Crippen LogP contribution in [0.1, 0.15) is 11.1 Å². The Labute approximate surface area is 103 Å². The lowest BCUT2D eigenvalue weighted by Gasteiger charge is -2.05. The summed E-state index contributed by atoms with van der Waals surface area (Å²) in [5.74, 6) is 0. The van der Waals surface area contributed by atoms with E-state index >= 15 is 0 Å². The predicted octanol–water partition coefficient (Wildman–Crippen LogP) is 5.34. The lowest BCUT2D eigenvalue weighted by molar-refractivity contribution is 1.40. The van der Waals surface area contributed by atoms with Crippen LogP contribution in [0.25, 0.3) is 11.1 Å². The van der Waals surface area contributed by atoms with Gasteiger partial charge in [0.15, 0.2) is 0 Å². The molecule has 0 spiro atoms. The Hall–Kier alpha value is -0.500. The number of hydrogen-bond donors (Lipinski definition) is 0. The van der Waals surface area contributed by atoms with Gasteiger partial charge in [-0.25, -0.2) is 0 Å². The van der Waals surface area contributed by atoms with Crippen molar-refractivity contribution in [1.82, 2.24) is 0 Å². The molecule has 0 N–H and O–H groups in total. The number of hydrogen-bond acceptors (Lipinski definition) is 1. The van der Waals surface area contributed by atoms with Crippen molar-refractivity contribution in [2.45, 2.75) is 13.8 Å². The normalized spacial score (nSPS) is 10.7. The van der Waals surface area contributed by atoms with E-state index in [4.69, 9.17) is 23.2 Å². The lowest BCUT2D eigenvalue weighted by atomic mass is 10.0. The molecule has 2 aromatic rings. The summed E-state index contributed by atoms with van der Waals surface area (Å²) >= 11 is 13.5. The fraction of sp³-hybridized carbons (Fsp3) is 0.167. The first kappa shape index (κ1) is 11.0. The molecule has 0 bridgehead atoms. The maximum atomic E-state index is 6.14. The fourth-order valence-corrected chi connectivity index (χ4v) is 3.04. The van der Waals surface area contributed by atoms with Gasteiger partial charge >= 0.3 is 0 Å². The summed E-state index contributed by atoms with van der Waals surface area (Å²) in [5.41, 5.74) is 4.65. The van der Waals surface area contributed by atoms with E-state index in [1.807, 2.05) is 6.07 Å². The van der Waals surface area contributed by atoms with Crippen LogP contribution < -0.4 is 0 Å². The van der Waals surface area contributed by atoms with Crippen LogP contribution in [0, 0.1) is 13.8 Å². The summed E-state index contributed by atoms with van der Waals surface area (Å²) in [6.45, 7) is 4.15. The molecule has 3 heteroatoms. The molecule has 0 aliphatic rings. The van der Waals surface area contributed by atoms with Crippen molar-refractivity contribution in [1.29, 1.82) is 0 Å². The average molecular weight is 257 g/mol. The first-order valence-corrected chi connectivity index (χ1v) is 6.17. The fourth-order valence-electron chi connectivity index (χ4n) is 1.55. The average Bonchev–Trinajstić information content (AvgIpc) is 2.50. The molecule has 78 valence electrons. The van der Waals surface area contributed by atoms with Crippen molar-refractivity contribution in [2.24, 2.45) is 0 Å². The van der Waals surface area contributed by atoms with Gasteiger partial charge in [-0.2, -0.15) is 0 Å². The van der Waals surface area contributed by atoms with Gasteiger partial charge in [-0.3, -0.25) is 0 Å². The third-order valence-electron chi connectivity index (χ3n) is 2.34. The summed E-state index contributed by atoms with van der Waals surface area (Å²) in [7, 11) is 0. The number of benzene rings is 1. The summed E-state index contributed by atoms with van der Waals surface area (Å²) in [6, 6.07) is 8.27. The van der Waals surface area contributed by atoms with Crippen molar-refractivity contribution < 1.29 is 0 Å². The molecule has 15 heavy (non-hydrogen) atoms. The molecule has 1 heterocycles. The zero-order valence-electron chi connectivity index (χ0n) is 8.47. The molecule has 1 aromatic heterocycles. The van der Waals surface area contributed by atoms with Gasteiger partial charge < -0.3 is 0 Å². The van der Waals surface area contributed by atoms with Crippen LogP contribution in [0.4, 0.5) is 0 Å². The predicted molar refractivity (Wildman–Crippen MR) is 69.2 cm³/mol. The molecule has 2 rings (SSSR count). The largest absolute Gasteiger partial charge is 0.111 e. The Morgan fingerprint density at radius 2 is 1.73 bits per heavy atom. The lowest BCUT2D eigenvalue weighted by Crippen LogP contribution is -1.83. The third kappa shape index (κ3) is 2.20. The standard InChI is InChI=1S/C12H10Cl2S/c1-7-3-4-8(2)9(5-7)10-6-11(13)15-12(10)14/h3-6H,1-2H3. The minimum atomic E-state index is 0.732. The van der Waals surface area contributed by atoms with E-state index in [1.54, 1.807) is 0 Å². The zero-order valence-corrected chi connectivity index (χ0v) is 10.8. The first-order chi connectivity index (χ1) is 7.08. The summed E-state index contributed by atoms with van der Waals surface area (Å²) in [4.78, 5) is 0. The Bertz CT molecular complexity index is 500. The Balaban J connectivity index is 2.62. The van der Waals surface area contributed by atoms with E-state index < -0.39 is 0 Å². The van der Waals surface area contributed by atoms with Crippen LogP contribution in [0.2, 0.25) is 8.67 Å². The van der Waals surface area contributed by atoms with Gasteiger partial charge in [0.2, 0.25) is 0 Å². The second-order valence-electron chi connectivity index (χ2n) is 3.56. The van der Waals surface area contributed by atoms with Gasteiger partial charge in [0, 0.05) is 5.56 Å². The number of halogens is 2. The topological polar surface area (TPSA) is 0 Å². The molecule has 0 radical (unpaired) electrons. The van der Waals surface area contributed by atoms with Crippen molar-refractivity contribution in [3.63, 3.8) is 0 Å². The van der Waals surface area contributed by atoms with Crippen LogP contribution in [0.15, 0.2) is 24.3 Å². The molecular formula is C12H10Cl2S. The quantitative estimate of drug-likeness (QED) is 0.647. The molecule has 0 aliphatic carbocycles. The summed E-state index contributed by atoms with van der Waals surface area (Å²) in [5, 5.41) is 0. The maximum Gasteiger partial charge on any atom is 0.102 e. The highest BCUT2D eigenvalue weighted by molar-refractivity contribution is 7.20. The van der Waals surface area contributed by atoms with Crippen molar-refractivity contribution in [3.8, 4) is 11.1 Å². The smallest absolute Gasteiger partial charge is 0.102 e. The SMILES string of the molecule is Cc1ccc(C)c(-c2cc(Cl)sc2Cl)c1. The molecule has 0 nitrogen and oxygen atoms in total. The van der Waals surface area contributed by atoms with Crippen LogP contribution in [0.3, 0.4) is 0 Å². The van der Waals surface area contributed by atoms with E-state index in [0.717, 1.165) is 14.2 Å². The molecule has 1 aromatic carbocycles.